The molecular formula is C11H16ClN3O3. The van der Waals surface area contributed by atoms with E-state index in [1.807, 2.05) is 13.8 Å². The largest absolute Gasteiger partial charge is 0.396 e. The van der Waals surface area contributed by atoms with Gasteiger partial charge in [-0.05, 0) is 19.8 Å². The molecule has 0 fully saturated rings. The number of halogens is 1. The van der Waals surface area contributed by atoms with E-state index in [0.717, 1.165) is 6.42 Å². The fourth-order valence-electron chi connectivity index (χ4n) is 1.54. The molecule has 1 atom stereocenters. The van der Waals surface area contributed by atoms with E-state index in [1.165, 1.54) is 12.1 Å². The van der Waals surface area contributed by atoms with Gasteiger partial charge >= 0.3 is 0 Å². The summed E-state index contributed by atoms with van der Waals surface area (Å²) in [6, 6.07) is 2.53. The average molecular weight is 274 g/mol. The Labute approximate surface area is 110 Å². The maximum atomic E-state index is 10.7. The van der Waals surface area contributed by atoms with E-state index < -0.39 is 4.92 Å². The van der Waals surface area contributed by atoms with Crippen molar-refractivity contribution in [1.82, 2.24) is 4.98 Å². The number of aliphatic hydroxyl groups excluding tert-OH is 1. The number of aromatic nitrogens is 1. The Morgan fingerprint density at radius 2 is 2.28 bits per heavy atom. The zero-order chi connectivity index (χ0) is 13.8. The molecule has 0 aliphatic carbocycles. The van der Waals surface area contributed by atoms with Crippen LogP contribution in [0.5, 0.6) is 0 Å². The van der Waals surface area contributed by atoms with Crippen LogP contribution in [-0.2, 0) is 0 Å². The normalized spacial score (nSPS) is 14.0. The third kappa shape index (κ3) is 3.82. The van der Waals surface area contributed by atoms with Gasteiger partial charge < -0.3 is 10.4 Å². The van der Waals surface area contributed by atoms with Crippen molar-refractivity contribution in [1.29, 1.82) is 0 Å². The average Bonchev–Trinajstić information content (AvgIpc) is 2.28. The highest BCUT2D eigenvalue weighted by molar-refractivity contribution is 6.29. The molecule has 18 heavy (non-hydrogen) atoms. The molecule has 100 valence electrons. The predicted molar refractivity (Wildman–Crippen MR) is 69.9 cm³/mol. The lowest BCUT2D eigenvalue weighted by Crippen LogP contribution is -2.35. The monoisotopic (exact) mass is 273 g/mol. The number of nitro groups is 1. The predicted octanol–water partition coefficient (Wildman–Crippen LogP) is 2.61. The van der Waals surface area contributed by atoms with Crippen molar-refractivity contribution in [2.75, 3.05) is 11.9 Å². The van der Waals surface area contributed by atoms with E-state index in [-0.39, 0.29) is 23.0 Å². The lowest BCUT2D eigenvalue weighted by molar-refractivity contribution is -0.384. The number of hydrogen-bond acceptors (Lipinski definition) is 5. The van der Waals surface area contributed by atoms with Gasteiger partial charge in [0, 0.05) is 12.1 Å². The van der Waals surface area contributed by atoms with Crippen molar-refractivity contribution >= 4 is 23.1 Å². The first-order valence-electron chi connectivity index (χ1n) is 5.61. The molecular weight excluding hydrogens is 258 g/mol. The Morgan fingerprint density at radius 1 is 1.61 bits per heavy atom. The maximum Gasteiger partial charge on any atom is 0.276 e. The molecule has 1 aromatic heterocycles. The molecule has 1 unspecified atom stereocenters. The Hall–Kier alpha value is -1.40. The van der Waals surface area contributed by atoms with Gasteiger partial charge in [0.2, 0.25) is 0 Å². The van der Waals surface area contributed by atoms with E-state index in [1.54, 1.807) is 0 Å². The van der Waals surface area contributed by atoms with Gasteiger partial charge in [-0.3, -0.25) is 10.1 Å². The Balaban J connectivity index is 2.99. The highest BCUT2D eigenvalue weighted by atomic mass is 35.5. The van der Waals surface area contributed by atoms with Crippen molar-refractivity contribution in [3.05, 3.63) is 27.4 Å². The second-order valence-electron chi connectivity index (χ2n) is 4.30. The van der Waals surface area contributed by atoms with Crippen LogP contribution >= 0.6 is 11.6 Å². The van der Waals surface area contributed by atoms with Crippen LogP contribution < -0.4 is 5.32 Å². The Bertz CT molecular complexity index is 442. The topological polar surface area (TPSA) is 88.3 Å². The van der Waals surface area contributed by atoms with Crippen LogP contribution in [0.15, 0.2) is 12.1 Å². The quantitative estimate of drug-likeness (QED) is 0.472. The molecule has 0 amide bonds. The van der Waals surface area contributed by atoms with Crippen LogP contribution in [-0.4, -0.2) is 27.2 Å². The molecule has 0 saturated carbocycles. The van der Waals surface area contributed by atoms with Crippen LogP contribution in [0.2, 0.25) is 5.15 Å². The van der Waals surface area contributed by atoms with E-state index in [0.29, 0.717) is 12.2 Å². The standard InChI is InChI=1S/C11H16ClN3O3/c1-3-11(2,4-5-16)14-10-7-8(15(17)18)6-9(12)13-10/h6-7,16H,3-5H2,1-2H3,(H,13,14). The first kappa shape index (κ1) is 14.7. The summed E-state index contributed by atoms with van der Waals surface area (Å²) in [7, 11) is 0. The fraction of sp³-hybridized carbons (Fsp3) is 0.545. The van der Waals surface area contributed by atoms with Gasteiger partial charge in [-0.25, -0.2) is 4.98 Å². The minimum absolute atomic E-state index is 0.0278. The molecule has 1 rings (SSSR count). The number of nitrogens with zero attached hydrogens (tertiary/aromatic N) is 2. The molecule has 0 aliphatic heterocycles. The molecule has 6 nitrogen and oxygen atoms in total. The first-order chi connectivity index (χ1) is 8.40. The van der Waals surface area contributed by atoms with Gasteiger partial charge in [-0.2, -0.15) is 0 Å². The second kappa shape index (κ2) is 5.97. The van der Waals surface area contributed by atoms with Crippen LogP contribution in [0.4, 0.5) is 11.5 Å². The Kier molecular flexibility index (Phi) is 4.86. The summed E-state index contributed by atoms with van der Waals surface area (Å²) in [5.74, 6) is 0.340. The van der Waals surface area contributed by atoms with Crippen LogP contribution in [0, 0.1) is 10.1 Å². The van der Waals surface area contributed by atoms with Crippen LogP contribution in [0.1, 0.15) is 26.7 Å². The summed E-state index contributed by atoms with van der Waals surface area (Å²) in [5, 5.41) is 22.9. The van der Waals surface area contributed by atoms with Gasteiger partial charge in [-0.1, -0.05) is 18.5 Å². The van der Waals surface area contributed by atoms with Crippen molar-refractivity contribution in [2.45, 2.75) is 32.2 Å². The highest BCUT2D eigenvalue weighted by Gasteiger charge is 2.22. The number of pyridine rings is 1. The molecule has 1 heterocycles. The smallest absolute Gasteiger partial charge is 0.276 e. The molecule has 0 radical (unpaired) electrons. The minimum Gasteiger partial charge on any atom is -0.396 e. The second-order valence-corrected chi connectivity index (χ2v) is 4.69. The number of rotatable bonds is 6. The molecule has 0 bridgehead atoms. The summed E-state index contributed by atoms with van der Waals surface area (Å²) in [6.07, 6.45) is 1.26. The maximum absolute atomic E-state index is 10.7. The molecule has 0 aliphatic rings. The molecule has 0 spiro atoms. The fourth-order valence-corrected chi connectivity index (χ4v) is 1.74. The molecule has 2 N–H and O–H groups in total. The third-order valence-corrected chi connectivity index (χ3v) is 3.06. The number of nitrogens with one attached hydrogen (secondary N) is 1. The van der Waals surface area contributed by atoms with Gasteiger partial charge in [0.1, 0.15) is 11.0 Å². The summed E-state index contributed by atoms with van der Waals surface area (Å²) < 4.78 is 0. The minimum atomic E-state index is -0.520. The highest BCUT2D eigenvalue weighted by Crippen LogP contribution is 2.25. The van der Waals surface area contributed by atoms with Crippen LogP contribution in [0.3, 0.4) is 0 Å². The number of aliphatic hydroxyl groups is 1. The third-order valence-electron chi connectivity index (χ3n) is 2.86. The van der Waals surface area contributed by atoms with Gasteiger partial charge in [0.05, 0.1) is 17.1 Å². The zero-order valence-corrected chi connectivity index (χ0v) is 11.1. The lowest BCUT2D eigenvalue weighted by atomic mass is 9.95. The molecule has 7 heteroatoms. The van der Waals surface area contributed by atoms with Gasteiger partial charge in [0.15, 0.2) is 0 Å². The summed E-state index contributed by atoms with van der Waals surface area (Å²) in [5.41, 5.74) is -0.486. The van der Waals surface area contributed by atoms with Crippen molar-refractivity contribution in [2.24, 2.45) is 0 Å². The summed E-state index contributed by atoms with van der Waals surface area (Å²) >= 11 is 5.74. The van der Waals surface area contributed by atoms with Gasteiger partial charge in [0.25, 0.3) is 5.69 Å². The van der Waals surface area contributed by atoms with Crippen molar-refractivity contribution in [3.63, 3.8) is 0 Å². The molecule has 1 aromatic rings. The zero-order valence-electron chi connectivity index (χ0n) is 10.3. The first-order valence-corrected chi connectivity index (χ1v) is 5.99. The van der Waals surface area contributed by atoms with Crippen molar-refractivity contribution in [3.8, 4) is 0 Å². The number of anilines is 1. The SMILES string of the molecule is CCC(C)(CCO)Nc1cc([N+](=O)[O-])cc(Cl)n1. The summed E-state index contributed by atoms with van der Waals surface area (Å²) in [6.45, 7) is 3.90. The van der Waals surface area contributed by atoms with E-state index in [9.17, 15) is 10.1 Å². The number of hydrogen-bond donors (Lipinski definition) is 2. The Morgan fingerprint density at radius 3 is 2.78 bits per heavy atom. The van der Waals surface area contributed by atoms with E-state index in [2.05, 4.69) is 10.3 Å². The van der Waals surface area contributed by atoms with Gasteiger partial charge in [-0.15, -0.1) is 0 Å². The molecule has 0 saturated heterocycles. The summed E-state index contributed by atoms with van der Waals surface area (Å²) in [4.78, 5) is 14.2. The van der Waals surface area contributed by atoms with E-state index in [4.69, 9.17) is 16.7 Å². The van der Waals surface area contributed by atoms with Crippen LogP contribution in [0.25, 0.3) is 0 Å². The lowest BCUT2D eigenvalue weighted by Gasteiger charge is -2.29. The molecule has 0 aromatic carbocycles. The van der Waals surface area contributed by atoms with Crippen molar-refractivity contribution < 1.29 is 10.0 Å². The van der Waals surface area contributed by atoms with E-state index >= 15 is 0 Å².